The van der Waals surface area contributed by atoms with Crippen molar-refractivity contribution in [1.29, 1.82) is 0 Å². The second kappa shape index (κ2) is 7.85. The summed E-state index contributed by atoms with van der Waals surface area (Å²) in [6.45, 7) is 5.80. The Morgan fingerprint density at radius 1 is 1.21 bits per heavy atom. The Morgan fingerprint density at radius 2 is 1.95 bits per heavy atom. The van der Waals surface area contributed by atoms with E-state index in [2.05, 4.69) is 22.5 Å². The van der Waals surface area contributed by atoms with E-state index in [0.717, 1.165) is 19.6 Å². The molecule has 1 atom stereocenters. The van der Waals surface area contributed by atoms with Crippen LogP contribution in [0, 0.1) is 0 Å². The number of carbonyl (C=O) groups excluding carboxylic acids is 1. The third-order valence-electron chi connectivity index (χ3n) is 4.43. The normalized spacial score (nSPS) is 24.8. The van der Waals surface area contributed by atoms with E-state index in [1.54, 1.807) is 0 Å². The van der Waals surface area contributed by atoms with Crippen LogP contribution in [0.15, 0.2) is 0 Å². The van der Waals surface area contributed by atoms with Crippen molar-refractivity contribution in [1.82, 2.24) is 15.5 Å². The zero-order valence-corrected chi connectivity index (χ0v) is 12.3. The molecule has 1 unspecified atom stereocenters. The van der Waals surface area contributed by atoms with Crippen LogP contribution < -0.4 is 10.6 Å². The summed E-state index contributed by atoms with van der Waals surface area (Å²) in [6.07, 6.45) is 8.75. The van der Waals surface area contributed by atoms with E-state index in [1.807, 2.05) is 0 Å². The molecular formula is C15H29N3O. The Morgan fingerprint density at radius 3 is 2.58 bits per heavy atom. The van der Waals surface area contributed by atoms with Gasteiger partial charge in [0.15, 0.2) is 0 Å². The van der Waals surface area contributed by atoms with E-state index in [-0.39, 0.29) is 5.91 Å². The van der Waals surface area contributed by atoms with Gasteiger partial charge < -0.3 is 10.6 Å². The first-order valence-electron chi connectivity index (χ1n) is 8.03. The molecule has 0 bridgehead atoms. The van der Waals surface area contributed by atoms with E-state index in [9.17, 15) is 4.79 Å². The van der Waals surface area contributed by atoms with E-state index in [1.165, 1.54) is 44.9 Å². The number of carbonyl (C=O) groups is 1. The SMILES string of the molecule is CCN(CC(=O)NC1CCCC1)CC1CCCCN1. The molecular weight excluding hydrogens is 238 g/mol. The number of hydrogen-bond acceptors (Lipinski definition) is 3. The van der Waals surface area contributed by atoms with Crippen LogP contribution >= 0.6 is 0 Å². The summed E-state index contributed by atoms with van der Waals surface area (Å²) in [5, 5.41) is 6.74. The number of nitrogens with zero attached hydrogens (tertiary/aromatic N) is 1. The van der Waals surface area contributed by atoms with Crippen LogP contribution in [-0.2, 0) is 4.79 Å². The summed E-state index contributed by atoms with van der Waals surface area (Å²) >= 11 is 0. The molecule has 2 N–H and O–H groups in total. The number of rotatable bonds is 6. The molecule has 1 saturated carbocycles. The van der Waals surface area contributed by atoms with Gasteiger partial charge >= 0.3 is 0 Å². The van der Waals surface area contributed by atoms with Crippen molar-refractivity contribution < 1.29 is 4.79 Å². The lowest BCUT2D eigenvalue weighted by Gasteiger charge is -2.29. The van der Waals surface area contributed by atoms with E-state index >= 15 is 0 Å². The van der Waals surface area contributed by atoms with Gasteiger partial charge in [-0.3, -0.25) is 9.69 Å². The lowest BCUT2D eigenvalue weighted by molar-refractivity contribution is -0.123. The molecule has 0 aromatic heterocycles. The second-order valence-electron chi connectivity index (χ2n) is 6.02. The second-order valence-corrected chi connectivity index (χ2v) is 6.02. The Hall–Kier alpha value is -0.610. The van der Waals surface area contributed by atoms with Gasteiger partial charge in [-0.05, 0) is 38.8 Å². The Bertz CT molecular complexity index is 271. The molecule has 1 aliphatic carbocycles. The van der Waals surface area contributed by atoms with E-state index in [0.29, 0.717) is 18.6 Å². The van der Waals surface area contributed by atoms with Gasteiger partial charge in [-0.15, -0.1) is 0 Å². The molecule has 0 aromatic rings. The first-order valence-corrected chi connectivity index (χ1v) is 8.03. The van der Waals surface area contributed by atoms with Gasteiger partial charge in [0.05, 0.1) is 6.54 Å². The van der Waals surface area contributed by atoms with Gasteiger partial charge in [0.25, 0.3) is 0 Å². The molecule has 0 spiro atoms. The third kappa shape index (κ3) is 5.11. The summed E-state index contributed by atoms with van der Waals surface area (Å²) in [4.78, 5) is 14.3. The van der Waals surface area contributed by atoms with E-state index in [4.69, 9.17) is 0 Å². The first-order chi connectivity index (χ1) is 9.28. The summed E-state index contributed by atoms with van der Waals surface area (Å²) < 4.78 is 0. The molecule has 1 heterocycles. The van der Waals surface area contributed by atoms with Crippen molar-refractivity contribution in [3.8, 4) is 0 Å². The Kier molecular flexibility index (Phi) is 6.11. The van der Waals surface area contributed by atoms with Crippen molar-refractivity contribution in [3.05, 3.63) is 0 Å². The zero-order valence-electron chi connectivity index (χ0n) is 12.3. The fourth-order valence-electron chi connectivity index (χ4n) is 3.24. The van der Waals surface area contributed by atoms with Gasteiger partial charge in [-0.25, -0.2) is 0 Å². The number of amides is 1. The fourth-order valence-corrected chi connectivity index (χ4v) is 3.24. The molecule has 19 heavy (non-hydrogen) atoms. The molecule has 2 rings (SSSR count). The van der Waals surface area contributed by atoms with Crippen LogP contribution in [0.5, 0.6) is 0 Å². The van der Waals surface area contributed by atoms with Crippen LogP contribution in [-0.4, -0.2) is 49.1 Å². The summed E-state index contributed by atoms with van der Waals surface area (Å²) in [7, 11) is 0. The lowest BCUT2D eigenvalue weighted by Crippen LogP contribution is -2.47. The highest BCUT2D eigenvalue weighted by atomic mass is 16.2. The van der Waals surface area contributed by atoms with Gasteiger partial charge in [-0.2, -0.15) is 0 Å². The average molecular weight is 267 g/mol. The Labute approximate surface area is 117 Å². The van der Waals surface area contributed by atoms with Gasteiger partial charge in [0.2, 0.25) is 5.91 Å². The average Bonchev–Trinajstić information content (AvgIpc) is 2.92. The standard InChI is InChI=1S/C15H29N3O/c1-2-18(11-14-9-5-6-10-16-14)12-15(19)17-13-7-3-4-8-13/h13-14,16H,2-12H2,1H3,(H,17,19). The maximum Gasteiger partial charge on any atom is 0.234 e. The predicted molar refractivity (Wildman–Crippen MR) is 78.2 cm³/mol. The van der Waals surface area contributed by atoms with Crippen LogP contribution in [0.25, 0.3) is 0 Å². The molecule has 1 aliphatic heterocycles. The summed E-state index contributed by atoms with van der Waals surface area (Å²) in [6, 6.07) is 1.02. The fraction of sp³-hybridized carbons (Fsp3) is 0.933. The minimum atomic E-state index is 0.213. The number of nitrogens with one attached hydrogen (secondary N) is 2. The monoisotopic (exact) mass is 267 g/mol. The number of hydrogen-bond donors (Lipinski definition) is 2. The van der Waals surface area contributed by atoms with Gasteiger partial charge in [0, 0.05) is 18.6 Å². The minimum Gasteiger partial charge on any atom is -0.352 e. The quantitative estimate of drug-likeness (QED) is 0.767. The van der Waals surface area contributed by atoms with Gasteiger partial charge in [0.1, 0.15) is 0 Å². The van der Waals surface area contributed by atoms with Crippen molar-refractivity contribution in [2.24, 2.45) is 0 Å². The molecule has 110 valence electrons. The number of likely N-dealkylation sites (N-methyl/N-ethyl adjacent to an activating group) is 1. The molecule has 0 radical (unpaired) electrons. The maximum absolute atomic E-state index is 12.0. The highest BCUT2D eigenvalue weighted by Crippen LogP contribution is 2.17. The van der Waals surface area contributed by atoms with Crippen LogP contribution in [0.2, 0.25) is 0 Å². The maximum atomic E-state index is 12.0. The topological polar surface area (TPSA) is 44.4 Å². The molecule has 4 nitrogen and oxygen atoms in total. The minimum absolute atomic E-state index is 0.213. The summed E-state index contributed by atoms with van der Waals surface area (Å²) in [5.74, 6) is 0.213. The summed E-state index contributed by atoms with van der Waals surface area (Å²) in [5.41, 5.74) is 0. The Balaban J connectivity index is 1.69. The molecule has 4 heteroatoms. The van der Waals surface area contributed by atoms with Crippen molar-refractivity contribution >= 4 is 5.91 Å². The predicted octanol–water partition coefficient (Wildman–Crippen LogP) is 1.51. The zero-order chi connectivity index (χ0) is 13.5. The van der Waals surface area contributed by atoms with Crippen molar-refractivity contribution in [2.45, 2.75) is 64.0 Å². The highest BCUT2D eigenvalue weighted by molar-refractivity contribution is 5.78. The first kappa shape index (κ1) is 14.8. The lowest BCUT2D eigenvalue weighted by atomic mass is 10.0. The van der Waals surface area contributed by atoms with Crippen molar-refractivity contribution in [3.63, 3.8) is 0 Å². The van der Waals surface area contributed by atoms with Gasteiger partial charge in [-0.1, -0.05) is 26.2 Å². The van der Waals surface area contributed by atoms with E-state index < -0.39 is 0 Å². The highest BCUT2D eigenvalue weighted by Gasteiger charge is 2.20. The smallest absolute Gasteiger partial charge is 0.234 e. The molecule has 1 saturated heterocycles. The van der Waals surface area contributed by atoms with Crippen LogP contribution in [0.1, 0.15) is 51.9 Å². The molecule has 2 aliphatic rings. The molecule has 0 aromatic carbocycles. The van der Waals surface area contributed by atoms with Crippen LogP contribution in [0.3, 0.4) is 0 Å². The van der Waals surface area contributed by atoms with Crippen molar-refractivity contribution in [2.75, 3.05) is 26.2 Å². The largest absolute Gasteiger partial charge is 0.352 e. The third-order valence-corrected chi connectivity index (χ3v) is 4.43. The number of piperidine rings is 1. The molecule has 2 fully saturated rings. The van der Waals surface area contributed by atoms with Crippen LogP contribution in [0.4, 0.5) is 0 Å². The molecule has 1 amide bonds.